The van der Waals surface area contributed by atoms with Crippen molar-refractivity contribution in [1.29, 1.82) is 0 Å². The average Bonchev–Trinajstić information content (AvgIpc) is 3.10. The van der Waals surface area contributed by atoms with Gasteiger partial charge in [0.25, 0.3) is 5.91 Å². The van der Waals surface area contributed by atoms with Gasteiger partial charge in [-0.2, -0.15) is 5.10 Å². The number of β-lactam (4-membered cyclic amide) rings is 1. The van der Waals surface area contributed by atoms with E-state index in [0.29, 0.717) is 0 Å². The van der Waals surface area contributed by atoms with Crippen LogP contribution in [0.15, 0.2) is 17.5 Å². The first-order chi connectivity index (χ1) is 14.5. The van der Waals surface area contributed by atoms with E-state index in [2.05, 4.69) is 10.4 Å². The van der Waals surface area contributed by atoms with Crippen LogP contribution in [0.2, 0.25) is 0 Å². The first kappa shape index (κ1) is 22.3. The number of aromatic nitrogens is 2. The Morgan fingerprint density at radius 2 is 2.16 bits per heavy atom. The molecule has 0 bridgehead atoms. The molecule has 2 amide bonds. The molecule has 0 saturated carbocycles. The van der Waals surface area contributed by atoms with Gasteiger partial charge in [-0.25, -0.2) is 4.79 Å². The zero-order chi connectivity index (χ0) is 23.0. The van der Waals surface area contributed by atoms with Gasteiger partial charge >= 0.3 is 17.6 Å². The molecule has 0 aromatic carbocycles. The molecule has 31 heavy (non-hydrogen) atoms. The molecule has 1 saturated heterocycles. The minimum Gasteiger partial charge on any atom is -0.477 e. The third kappa shape index (κ3) is 4.10. The number of ether oxygens (including phenoxy) is 1. The van der Waals surface area contributed by atoms with E-state index >= 15 is 0 Å². The van der Waals surface area contributed by atoms with Gasteiger partial charge < -0.3 is 15.2 Å². The zero-order valence-corrected chi connectivity index (χ0v) is 17.5. The smallest absolute Gasteiger partial charge is 0.352 e. The van der Waals surface area contributed by atoms with E-state index in [0.717, 1.165) is 15.8 Å². The number of aliphatic carboxylic acids is 1. The molecule has 0 aliphatic carbocycles. The van der Waals surface area contributed by atoms with Gasteiger partial charge in [0.05, 0.1) is 4.92 Å². The van der Waals surface area contributed by atoms with Crippen molar-refractivity contribution in [2.24, 2.45) is 0 Å². The second kappa shape index (κ2) is 8.37. The second-order valence-electron chi connectivity index (χ2n) is 6.95. The lowest BCUT2D eigenvalue weighted by molar-refractivity contribution is -0.385. The molecule has 2 N–H and O–H groups in total. The molecule has 13 nitrogen and oxygen atoms in total. The minimum atomic E-state index is -1.33. The van der Waals surface area contributed by atoms with Gasteiger partial charge in [0.15, 0.2) is 0 Å². The maximum atomic E-state index is 12.6. The van der Waals surface area contributed by atoms with E-state index in [9.17, 15) is 34.4 Å². The van der Waals surface area contributed by atoms with Crippen LogP contribution >= 0.6 is 11.8 Å². The van der Waals surface area contributed by atoms with Crippen LogP contribution in [-0.2, 0) is 23.9 Å². The Kier molecular flexibility index (Phi) is 6.01. The Hall–Kier alpha value is -3.42. The molecule has 0 radical (unpaired) electrons. The summed E-state index contributed by atoms with van der Waals surface area (Å²) in [5.74, 6) is -2.91. The van der Waals surface area contributed by atoms with E-state index in [1.54, 1.807) is 0 Å². The number of hydrogen-bond donors (Lipinski definition) is 2. The Labute approximate surface area is 179 Å². The fourth-order valence-corrected chi connectivity index (χ4v) is 4.55. The molecule has 0 unspecified atom stereocenters. The molecule has 1 aromatic rings. The van der Waals surface area contributed by atoms with Crippen LogP contribution in [-0.4, -0.2) is 72.2 Å². The van der Waals surface area contributed by atoms with Crippen molar-refractivity contribution in [1.82, 2.24) is 20.0 Å². The Bertz CT molecular complexity index is 1020. The summed E-state index contributed by atoms with van der Waals surface area (Å²) in [6.07, 6.45) is 1.14. The first-order valence-electron chi connectivity index (χ1n) is 9.06. The highest BCUT2D eigenvalue weighted by atomic mass is 32.2. The third-order valence-electron chi connectivity index (χ3n) is 4.86. The summed E-state index contributed by atoms with van der Waals surface area (Å²) in [5.41, 5.74) is -0.0542. The van der Waals surface area contributed by atoms with Gasteiger partial charge in [-0.1, -0.05) is 0 Å². The Morgan fingerprint density at radius 1 is 1.48 bits per heavy atom. The monoisotopic (exact) mass is 453 g/mol. The quantitative estimate of drug-likeness (QED) is 0.247. The third-order valence-corrected chi connectivity index (χ3v) is 6.20. The van der Waals surface area contributed by atoms with Gasteiger partial charge in [0.2, 0.25) is 5.91 Å². The predicted molar refractivity (Wildman–Crippen MR) is 105 cm³/mol. The van der Waals surface area contributed by atoms with Crippen molar-refractivity contribution in [3.63, 3.8) is 0 Å². The Morgan fingerprint density at radius 3 is 2.71 bits per heavy atom. The summed E-state index contributed by atoms with van der Waals surface area (Å²) in [4.78, 5) is 59.4. The molecular formula is C17H19N5O8S. The number of carboxylic acids is 1. The molecule has 2 aliphatic heterocycles. The molecule has 1 fully saturated rings. The number of carbonyl (C=O) groups excluding carboxylic acids is 3. The van der Waals surface area contributed by atoms with E-state index in [-0.39, 0.29) is 35.0 Å². The topological polar surface area (TPSA) is 174 Å². The van der Waals surface area contributed by atoms with Gasteiger partial charge in [-0.15, -0.1) is 11.8 Å². The van der Waals surface area contributed by atoms with Crippen LogP contribution in [0.1, 0.15) is 25.6 Å². The van der Waals surface area contributed by atoms with E-state index in [1.807, 2.05) is 0 Å². The lowest BCUT2D eigenvalue weighted by atomic mass is 10.0. The summed E-state index contributed by atoms with van der Waals surface area (Å²) in [7, 11) is 0. The number of nitro groups is 1. The van der Waals surface area contributed by atoms with Crippen LogP contribution < -0.4 is 5.32 Å². The van der Waals surface area contributed by atoms with Crippen molar-refractivity contribution in [3.05, 3.63) is 33.3 Å². The predicted octanol–water partition coefficient (Wildman–Crippen LogP) is -0.0376. The second-order valence-corrected chi connectivity index (χ2v) is 8.05. The van der Waals surface area contributed by atoms with E-state index in [4.69, 9.17) is 4.74 Å². The number of aryl methyl sites for hydroxylation is 1. The number of carbonyl (C=O) groups is 4. The summed E-state index contributed by atoms with van der Waals surface area (Å²) in [5, 5.41) is 26.4. The largest absolute Gasteiger partial charge is 0.477 e. The van der Waals surface area contributed by atoms with Gasteiger partial charge in [-0.3, -0.25) is 34.1 Å². The average molecular weight is 453 g/mol. The molecule has 14 heteroatoms. The van der Waals surface area contributed by atoms with Crippen LogP contribution in [0.3, 0.4) is 0 Å². The van der Waals surface area contributed by atoms with E-state index < -0.39 is 46.1 Å². The summed E-state index contributed by atoms with van der Waals surface area (Å²) in [6, 6.07) is -1.90. The van der Waals surface area contributed by atoms with Crippen molar-refractivity contribution >= 4 is 41.2 Å². The Balaban J connectivity index is 1.73. The summed E-state index contributed by atoms with van der Waals surface area (Å²) >= 11 is 1.23. The normalized spacial score (nSPS) is 21.1. The van der Waals surface area contributed by atoms with Crippen molar-refractivity contribution < 1.29 is 33.9 Å². The SMILES string of the molecule is CC(=O)OCC1=C(C(=O)O)N2C(=O)[C@@H](NC(=O)[C@H](C)n3cc([N+](=O)[O-])c(C)n3)[C@H]2SC1. The number of thioether (sulfide) groups is 1. The molecule has 3 rings (SSSR count). The number of nitrogens with zero attached hydrogens (tertiary/aromatic N) is 4. The standard InChI is InChI=1S/C17H19N5O8S/c1-7-11(22(28)29)4-20(19-7)8(2)14(24)18-12-15(25)21-13(17(26)27)10(5-30-9(3)23)6-31-16(12)21/h4,8,12,16H,5-6H2,1-3H3,(H,18,24)(H,26,27)/t8-,12+,16+/m0/s1. The van der Waals surface area contributed by atoms with Gasteiger partial charge in [-0.05, 0) is 13.8 Å². The van der Waals surface area contributed by atoms with Crippen LogP contribution in [0, 0.1) is 17.0 Å². The van der Waals surface area contributed by atoms with Crippen molar-refractivity contribution in [2.75, 3.05) is 12.4 Å². The molecule has 1 aromatic heterocycles. The van der Waals surface area contributed by atoms with Crippen molar-refractivity contribution in [3.8, 4) is 0 Å². The number of rotatable bonds is 7. The molecular weight excluding hydrogens is 434 g/mol. The van der Waals surface area contributed by atoms with Crippen LogP contribution in [0.5, 0.6) is 0 Å². The van der Waals surface area contributed by atoms with Gasteiger partial charge in [0.1, 0.15) is 41.7 Å². The van der Waals surface area contributed by atoms with E-state index in [1.165, 1.54) is 32.5 Å². The number of nitrogens with one attached hydrogen (secondary N) is 1. The highest BCUT2D eigenvalue weighted by molar-refractivity contribution is 8.00. The lowest BCUT2D eigenvalue weighted by Gasteiger charge is -2.49. The van der Waals surface area contributed by atoms with Crippen LogP contribution in [0.25, 0.3) is 0 Å². The number of amides is 2. The molecule has 2 aliphatic rings. The highest BCUT2D eigenvalue weighted by Crippen LogP contribution is 2.40. The highest BCUT2D eigenvalue weighted by Gasteiger charge is 2.54. The molecule has 3 heterocycles. The first-order valence-corrected chi connectivity index (χ1v) is 10.1. The van der Waals surface area contributed by atoms with Gasteiger partial charge in [0, 0.05) is 18.2 Å². The fraction of sp³-hybridized carbons (Fsp3) is 0.471. The summed E-state index contributed by atoms with van der Waals surface area (Å²) < 4.78 is 6.00. The number of esters is 1. The maximum Gasteiger partial charge on any atom is 0.352 e. The summed E-state index contributed by atoms with van der Waals surface area (Å²) in [6.45, 7) is 3.86. The van der Waals surface area contributed by atoms with Crippen LogP contribution in [0.4, 0.5) is 5.69 Å². The minimum absolute atomic E-state index is 0.148. The fourth-order valence-electron chi connectivity index (χ4n) is 3.23. The molecule has 0 spiro atoms. The number of fused-ring (bicyclic) bond motifs is 1. The zero-order valence-electron chi connectivity index (χ0n) is 16.7. The molecule has 3 atom stereocenters. The number of carboxylic acid groups (broad SMARTS) is 1. The lowest BCUT2D eigenvalue weighted by Crippen LogP contribution is -2.71. The molecule has 166 valence electrons. The van der Waals surface area contributed by atoms with Crippen molar-refractivity contribution in [2.45, 2.75) is 38.2 Å². The maximum absolute atomic E-state index is 12.6. The number of hydrogen-bond acceptors (Lipinski definition) is 9.